The van der Waals surface area contributed by atoms with E-state index >= 15 is 0 Å². The minimum absolute atomic E-state index is 0.0868. The minimum Gasteiger partial charge on any atom is -0.434 e. The van der Waals surface area contributed by atoms with Crippen LogP contribution in [0.15, 0.2) is 54.1 Å². The lowest BCUT2D eigenvalue weighted by atomic mass is 9.79. The molecule has 0 N–H and O–H groups in total. The summed E-state index contributed by atoms with van der Waals surface area (Å²) in [4.78, 5) is 24.1. The fourth-order valence-electron chi connectivity index (χ4n) is 4.41. The van der Waals surface area contributed by atoms with E-state index in [1.807, 2.05) is 0 Å². The summed E-state index contributed by atoms with van der Waals surface area (Å²) in [5.41, 5.74) is 1.79. The Hall–Kier alpha value is -3.11. The van der Waals surface area contributed by atoms with Crippen LogP contribution in [0, 0.1) is 10.1 Å². The first kappa shape index (κ1) is 21.1. The molecule has 0 radical (unpaired) electrons. The van der Waals surface area contributed by atoms with Gasteiger partial charge in [-0.15, -0.1) is 0 Å². The molecule has 2 aromatic carbocycles. The number of fused-ring (bicyclic) bond motifs is 2. The number of ether oxygens (including phenoxy) is 5. The molecule has 0 saturated carbocycles. The van der Waals surface area contributed by atoms with Crippen LogP contribution in [-0.2, 0) is 23.7 Å². The molecule has 1 aliphatic heterocycles. The molecule has 0 amide bonds. The Morgan fingerprint density at radius 3 is 2.00 bits per heavy atom. The molecule has 0 bridgehead atoms. The van der Waals surface area contributed by atoms with E-state index in [0.29, 0.717) is 22.3 Å². The average molecular weight is 427 g/mol. The van der Waals surface area contributed by atoms with Crippen molar-refractivity contribution in [2.24, 2.45) is 0 Å². The van der Waals surface area contributed by atoms with Crippen LogP contribution in [0.25, 0.3) is 5.76 Å². The molecule has 1 heterocycles. The van der Waals surface area contributed by atoms with E-state index in [9.17, 15) is 14.9 Å². The first-order chi connectivity index (χ1) is 14.9. The summed E-state index contributed by atoms with van der Waals surface area (Å²) in [6, 6.07) is 12.8. The Labute approximate surface area is 178 Å². The molecular formula is C22H21NO8. The van der Waals surface area contributed by atoms with Gasteiger partial charge in [0.1, 0.15) is 5.76 Å². The number of nitro benzene ring substituents is 1. The van der Waals surface area contributed by atoms with Crippen molar-refractivity contribution in [3.05, 3.63) is 80.9 Å². The SMILES string of the molecule is COC1(OC)OC2=C(C(=O)c3ccccc32)[C@@H](c2ccc([N+](=O)[O-])cc2)C1(OC)OC. The van der Waals surface area contributed by atoms with Gasteiger partial charge in [-0.25, -0.2) is 0 Å². The molecule has 0 saturated heterocycles. The van der Waals surface area contributed by atoms with Crippen molar-refractivity contribution in [1.82, 2.24) is 0 Å². The molecule has 162 valence electrons. The van der Waals surface area contributed by atoms with E-state index in [1.165, 1.54) is 40.6 Å². The molecule has 31 heavy (non-hydrogen) atoms. The number of ketones is 1. The van der Waals surface area contributed by atoms with Crippen LogP contribution in [0.4, 0.5) is 5.69 Å². The number of rotatable bonds is 6. The van der Waals surface area contributed by atoms with Crippen molar-refractivity contribution in [3.8, 4) is 0 Å². The molecule has 0 fully saturated rings. The van der Waals surface area contributed by atoms with Gasteiger partial charge < -0.3 is 23.7 Å². The van der Waals surface area contributed by atoms with Gasteiger partial charge in [0.2, 0.25) is 0 Å². The van der Waals surface area contributed by atoms with E-state index < -0.39 is 22.6 Å². The predicted molar refractivity (Wildman–Crippen MR) is 108 cm³/mol. The number of benzene rings is 2. The predicted octanol–water partition coefficient (Wildman–Crippen LogP) is 3.25. The number of nitro groups is 1. The molecular weight excluding hydrogens is 406 g/mol. The first-order valence-corrected chi connectivity index (χ1v) is 9.42. The van der Waals surface area contributed by atoms with Crippen LogP contribution in [-0.4, -0.2) is 50.9 Å². The monoisotopic (exact) mass is 427 g/mol. The average Bonchev–Trinajstić information content (AvgIpc) is 3.08. The van der Waals surface area contributed by atoms with E-state index in [2.05, 4.69) is 0 Å². The third kappa shape index (κ3) is 2.75. The summed E-state index contributed by atoms with van der Waals surface area (Å²) in [5.74, 6) is -4.47. The third-order valence-electron chi connectivity index (χ3n) is 5.82. The minimum atomic E-state index is -1.88. The molecule has 1 aliphatic carbocycles. The van der Waals surface area contributed by atoms with Gasteiger partial charge in [-0.2, -0.15) is 0 Å². The highest BCUT2D eigenvalue weighted by molar-refractivity contribution is 6.21. The molecule has 0 unspecified atom stereocenters. The fraction of sp³-hybridized carbons (Fsp3) is 0.318. The fourth-order valence-corrected chi connectivity index (χ4v) is 4.41. The zero-order chi connectivity index (χ0) is 22.4. The van der Waals surface area contributed by atoms with Gasteiger partial charge >= 0.3 is 5.97 Å². The molecule has 1 atom stereocenters. The maximum Gasteiger partial charge on any atom is 0.385 e. The maximum absolute atomic E-state index is 13.5. The largest absolute Gasteiger partial charge is 0.434 e. The Kier molecular flexibility index (Phi) is 5.14. The van der Waals surface area contributed by atoms with E-state index in [1.54, 1.807) is 36.4 Å². The number of carbonyl (C=O) groups is 1. The van der Waals surface area contributed by atoms with Gasteiger partial charge in [0.05, 0.1) is 16.4 Å². The van der Waals surface area contributed by atoms with Crippen LogP contribution in [0.3, 0.4) is 0 Å². The molecule has 9 heteroatoms. The number of hydrogen-bond donors (Lipinski definition) is 0. The van der Waals surface area contributed by atoms with Crippen molar-refractivity contribution in [2.45, 2.75) is 17.7 Å². The zero-order valence-electron chi connectivity index (χ0n) is 17.4. The Balaban J connectivity index is 2.02. The lowest BCUT2D eigenvalue weighted by molar-refractivity contribution is -0.473. The van der Waals surface area contributed by atoms with Crippen molar-refractivity contribution in [1.29, 1.82) is 0 Å². The standard InChI is InChI=1S/C22H21NO8/c1-27-21(28-2)18(13-9-11-14(12-10-13)23(25)26)17-19(24)15-7-5-6-8-16(15)20(17)31-22(21,29-3)30-4/h5-12,18H,1-4H3/t18-/m1/s1. The molecule has 0 aromatic heterocycles. The number of Topliss-reactive ketones (excluding diaryl/α,β-unsaturated/α-hetero) is 1. The zero-order valence-corrected chi connectivity index (χ0v) is 17.4. The van der Waals surface area contributed by atoms with Gasteiger partial charge in [0.25, 0.3) is 11.5 Å². The van der Waals surface area contributed by atoms with Crippen LogP contribution >= 0.6 is 0 Å². The smallest absolute Gasteiger partial charge is 0.385 e. The van der Waals surface area contributed by atoms with Crippen molar-refractivity contribution in [3.63, 3.8) is 0 Å². The van der Waals surface area contributed by atoms with Gasteiger partial charge in [-0.3, -0.25) is 14.9 Å². The summed E-state index contributed by atoms with van der Waals surface area (Å²) in [6.45, 7) is 0. The van der Waals surface area contributed by atoms with Gasteiger partial charge in [-0.1, -0.05) is 36.4 Å². The van der Waals surface area contributed by atoms with Crippen molar-refractivity contribution < 1.29 is 33.4 Å². The van der Waals surface area contributed by atoms with Crippen LogP contribution in [0.5, 0.6) is 0 Å². The molecule has 0 spiro atoms. The lowest BCUT2D eigenvalue weighted by Gasteiger charge is -2.51. The Bertz CT molecular complexity index is 1070. The first-order valence-electron chi connectivity index (χ1n) is 9.42. The highest BCUT2D eigenvalue weighted by atomic mass is 16.9. The van der Waals surface area contributed by atoms with E-state index in [0.717, 1.165) is 0 Å². The Morgan fingerprint density at radius 1 is 0.903 bits per heavy atom. The second-order valence-corrected chi connectivity index (χ2v) is 7.04. The van der Waals surface area contributed by atoms with E-state index in [4.69, 9.17) is 23.7 Å². The van der Waals surface area contributed by atoms with Crippen LogP contribution in [0.1, 0.15) is 27.4 Å². The summed E-state index contributed by atoms with van der Waals surface area (Å²) in [7, 11) is 5.52. The number of methoxy groups -OCH3 is 4. The normalized spacial score (nSPS) is 20.8. The second-order valence-electron chi connectivity index (χ2n) is 7.04. The topological polar surface area (TPSA) is 106 Å². The van der Waals surface area contributed by atoms with Crippen molar-refractivity contribution in [2.75, 3.05) is 28.4 Å². The van der Waals surface area contributed by atoms with Gasteiger partial charge in [0, 0.05) is 51.7 Å². The number of nitrogens with zero attached hydrogens (tertiary/aromatic N) is 1. The summed E-state index contributed by atoms with van der Waals surface area (Å²) in [5, 5.41) is 11.1. The highest BCUT2D eigenvalue weighted by Gasteiger charge is 2.69. The summed E-state index contributed by atoms with van der Waals surface area (Å²) in [6.07, 6.45) is 0. The molecule has 2 aromatic rings. The highest BCUT2D eigenvalue weighted by Crippen LogP contribution is 2.57. The third-order valence-corrected chi connectivity index (χ3v) is 5.82. The quantitative estimate of drug-likeness (QED) is 0.393. The maximum atomic E-state index is 13.5. The summed E-state index contributed by atoms with van der Waals surface area (Å²) >= 11 is 0. The van der Waals surface area contributed by atoms with Crippen molar-refractivity contribution >= 4 is 17.2 Å². The number of carbonyl (C=O) groups excluding carboxylic acids is 1. The molecule has 2 aliphatic rings. The lowest BCUT2D eigenvalue weighted by Crippen LogP contribution is -2.66. The van der Waals surface area contributed by atoms with Gasteiger partial charge in [-0.05, 0) is 5.56 Å². The van der Waals surface area contributed by atoms with Crippen LogP contribution < -0.4 is 0 Å². The molecule has 4 rings (SSSR count). The second kappa shape index (κ2) is 7.54. The van der Waals surface area contributed by atoms with Crippen LogP contribution in [0.2, 0.25) is 0 Å². The summed E-state index contributed by atoms with van der Waals surface area (Å²) < 4.78 is 29.1. The van der Waals surface area contributed by atoms with E-state index in [-0.39, 0.29) is 17.2 Å². The number of hydrogen-bond acceptors (Lipinski definition) is 8. The number of non-ortho nitro benzene ring substituents is 1. The molecule has 9 nitrogen and oxygen atoms in total. The Morgan fingerprint density at radius 2 is 1.48 bits per heavy atom. The van der Waals surface area contributed by atoms with Gasteiger partial charge in [0.15, 0.2) is 5.78 Å².